The smallest absolute Gasteiger partial charge is 0.187 e. The Hall–Kier alpha value is -18.6. The molecule has 0 aliphatic rings. The minimum absolute atomic E-state index is 0.331. The van der Waals surface area contributed by atoms with Crippen molar-refractivity contribution in [3.05, 3.63) is 534 Å². The maximum Gasteiger partial charge on any atom is 0.187 e. The molecule has 0 radical (unpaired) electrons. The molecule has 146 heavy (non-hydrogen) atoms. The van der Waals surface area contributed by atoms with Gasteiger partial charge in [0.15, 0.2) is 5.69 Å². The number of anilines is 12. The van der Waals surface area contributed by atoms with Crippen LogP contribution in [0.3, 0.4) is 0 Å². The van der Waals surface area contributed by atoms with E-state index in [2.05, 4.69) is 474 Å². The van der Waals surface area contributed by atoms with Crippen molar-refractivity contribution < 1.29 is 8.78 Å². The lowest BCUT2D eigenvalue weighted by Gasteiger charge is -2.30. The molecule has 24 rings (SSSR count). The molecule has 0 N–H and O–H groups in total. The van der Waals surface area contributed by atoms with Gasteiger partial charge in [0.2, 0.25) is 0 Å². The van der Waals surface area contributed by atoms with Gasteiger partial charge in [-0.3, -0.25) is 0 Å². The van der Waals surface area contributed by atoms with E-state index in [4.69, 9.17) is 6.57 Å². The van der Waals surface area contributed by atoms with Gasteiger partial charge >= 0.3 is 0 Å². The zero-order valence-corrected chi connectivity index (χ0v) is 82.3. The molecule has 24 aromatic rings. The van der Waals surface area contributed by atoms with Crippen LogP contribution in [0.2, 0.25) is 0 Å². The molecular formula is C138H100F2N6. The lowest BCUT2D eigenvalue weighted by molar-refractivity contribution is 0.628. The number of hydrogen-bond acceptors (Lipinski definition) is 5. The van der Waals surface area contributed by atoms with Crippen molar-refractivity contribution in [3.63, 3.8) is 0 Å². The number of hydrogen-bond donors (Lipinski definition) is 0. The molecule has 0 saturated heterocycles. The summed E-state index contributed by atoms with van der Waals surface area (Å²) < 4.78 is 33.4. The third kappa shape index (κ3) is 17.7. The maximum absolute atomic E-state index is 16.7. The van der Waals surface area contributed by atoms with Crippen LogP contribution in [0.25, 0.3) is 158 Å². The van der Waals surface area contributed by atoms with Gasteiger partial charge in [-0.05, 0) is 345 Å². The Kier molecular flexibility index (Phi) is 24.0. The molecule has 0 heterocycles. The molecular weight excluding hydrogens is 1780 g/mol. The van der Waals surface area contributed by atoms with Gasteiger partial charge in [-0.25, -0.2) is 13.6 Å². The highest BCUT2D eigenvalue weighted by Crippen LogP contribution is 2.54. The van der Waals surface area contributed by atoms with Crippen LogP contribution in [0.1, 0.15) is 50.1 Å². The standard InChI is InChI=1S/C70H50N4.C68H50F2N2/c1-45-10-6-14-52(34-45)56-38-57(53-15-7-11-46(2)35-53)41-63(40-56)73(61-26-18-49(44-71)19-27-61)67-32-22-50-21-31-66-68(33-23-51-20-30-65(67)69(50)70(51)66)74(62-28-24-60(72-5)25-29-62)64-42-58(54-16-8-12-47(3)36-54)39-59(43-64)55-17-9-13-48(4)37-55;1-43-13-9-17-49(33-43)53-37-54(50-18-10-14-44(2)34-50)40-57(39-53)71(65-23-7-5-21-61(65)69)63-31-27-47-26-30-60-64(32-28-48-25-29-59(63)67(47)68(48)60)72(66-24-8-6-22-62(66)70)58-41-55(51-19-11-15-45(3)35-51)38-56(42-58)52-20-12-16-46(4)36-52/h6-43H,1-4H3;5-42H,1-4H3. The Labute approximate surface area is 850 Å². The van der Waals surface area contributed by atoms with Gasteiger partial charge in [0.25, 0.3) is 0 Å². The van der Waals surface area contributed by atoms with Crippen LogP contribution < -0.4 is 19.6 Å². The fourth-order valence-electron chi connectivity index (χ4n) is 21.5. The van der Waals surface area contributed by atoms with Crippen molar-refractivity contribution in [3.8, 4) is 95.1 Å². The normalized spacial score (nSPS) is 11.3. The van der Waals surface area contributed by atoms with Crippen molar-refractivity contribution in [1.82, 2.24) is 0 Å². The van der Waals surface area contributed by atoms with Gasteiger partial charge in [0.05, 0.1) is 52.3 Å². The van der Waals surface area contributed by atoms with Crippen LogP contribution in [0.5, 0.6) is 0 Å². The molecule has 24 aromatic carbocycles. The first-order valence-electron chi connectivity index (χ1n) is 49.6. The summed E-state index contributed by atoms with van der Waals surface area (Å²) in [6, 6.07) is 164. The highest BCUT2D eigenvalue weighted by molar-refractivity contribution is 6.30. The predicted molar refractivity (Wildman–Crippen MR) is 611 cm³/mol. The van der Waals surface area contributed by atoms with Crippen molar-refractivity contribution in [2.24, 2.45) is 0 Å². The second-order valence-corrected chi connectivity index (χ2v) is 38.7. The van der Waals surface area contributed by atoms with Gasteiger partial charge in [0, 0.05) is 55.7 Å². The van der Waals surface area contributed by atoms with Crippen LogP contribution in [0.15, 0.2) is 461 Å². The molecule has 0 bridgehead atoms. The van der Waals surface area contributed by atoms with Gasteiger partial charge in [0.1, 0.15) is 11.6 Å². The molecule has 0 saturated carbocycles. The van der Waals surface area contributed by atoms with Crippen molar-refractivity contribution in [1.29, 1.82) is 5.26 Å². The molecule has 0 aromatic heterocycles. The summed E-state index contributed by atoms with van der Waals surface area (Å²) in [6.45, 7) is 24.9. The number of nitrogens with zero attached hydrogens (tertiary/aromatic N) is 6. The average molecular weight is 1880 g/mol. The summed E-state index contributed by atoms with van der Waals surface area (Å²) in [5, 5.41) is 22.9. The van der Waals surface area contributed by atoms with Gasteiger partial charge < -0.3 is 19.6 Å². The van der Waals surface area contributed by atoms with Crippen LogP contribution in [-0.2, 0) is 0 Å². The minimum atomic E-state index is -0.331. The third-order valence-corrected chi connectivity index (χ3v) is 28.4. The van der Waals surface area contributed by atoms with Gasteiger partial charge in [-0.15, -0.1) is 0 Å². The Balaban J connectivity index is 0.000000161. The van der Waals surface area contributed by atoms with E-state index in [1.807, 2.05) is 48.5 Å². The second-order valence-electron chi connectivity index (χ2n) is 38.7. The summed E-state index contributed by atoms with van der Waals surface area (Å²) >= 11 is 0. The summed E-state index contributed by atoms with van der Waals surface area (Å²) in [5.41, 5.74) is 38.3. The Morgan fingerprint density at radius 2 is 0.418 bits per heavy atom. The van der Waals surface area contributed by atoms with E-state index in [0.29, 0.717) is 22.6 Å². The Morgan fingerprint density at radius 3 is 0.644 bits per heavy atom. The number of benzene rings is 24. The lowest BCUT2D eigenvalue weighted by Crippen LogP contribution is -2.13. The SMILES string of the molecule is Cc1cccc(-c2cc(-c3cccc(C)c3)cc(N(c3ccccc3F)c3ccc4ccc5c(N(c6cc(-c7cccc(C)c7)cc(-c7cccc(C)c7)c6)c6ccccc6F)ccc6ccc3c4c65)c2)c1.[C-]#[N+]c1ccc(N(c2cc(-c3cccc(C)c3)cc(-c3cccc(C)c3)c2)c2ccc3ccc4c(N(c5ccc(C#N)cc5)c5cc(-c6cccc(C)c6)cc(-c6cccc(C)c6)c5)ccc5ccc2c3c54)cc1. The molecule has 0 unspecified atom stereocenters. The number of rotatable bonds is 20. The van der Waals surface area contributed by atoms with E-state index >= 15 is 8.78 Å². The highest BCUT2D eigenvalue weighted by Gasteiger charge is 2.30. The molecule has 8 heteroatoms. The zero-order chi connectivity index (χ0) is 99.5. The molecule has 696 valence electrons. The Morgan fingerprint density at radius 1 is 0.199 bits per heavy atom. The molecule has 0 aliphatic heterocycles. The van der Waals surface area contributed by atoms with E-state index in [0.717, 1.165) is 222 Å². The van der Waals surface area contributed by atoms with Crippen LogP contribution in [0, 0.1) is 84.9 Å². The first kappa shape index (κ1) is 91.2. The monoisotopic (exact) mass is 1880 g/mol. The topological polar surface area (TPSA) is 41.1 Å². The lowest BCUT2D eigenvalue weighted by atomic mass is 9.91. The fraction of sp³-hybridized carbons (Fsp3) is 0.0580. The number of para-hydroxylation sites is 2. The van der Waals surface area contributed by atoms with Crippen LogP contribution in [0.4, 0.5) is 82.7 Å². The summed E-state index contributed by atoms with van der Waals surface area (Å²) in [4.78, 5) is 12.7. The largest absolute Gasteiger partial charge is 0.310 e. The third-order valence-electron chi connectivity index (χ3n) is 28.4. The molecule has 0 amide bonds. The highest BCUT2D eigenvalue weighted by atomic mass is 19.1. The van der Waals surface area contributed by atoms with E-state index in [1.165, 1.54) is 45.2 Å². The average Bonchev–Trinajstić information content (AvgIpc) is 0.698. The predicted octanol–water partition coefficient (Wildman–Crippen LogP) is 39.6. The van der Waals surface area contributed by atoms with Gasteiger partial charge in [-0.1, -0.05) is 348 Å². The molecule has 0 atom stereocenters. The zero-order valence-electron chi connectivity index (χ0n) is 82.3. The minimum Gasteiger partial charge on any atom is -0.310 e. The first-order chi connectivity index (χ1) is 71.3. The first-order valence-corrected chi connectivity index (χ1v) is 49.6. The summed E-state index contributed by atoms with van der Waals surface area (Å²) in [7, 11) is 0. The van der Waals surface area contributed by atoms with Crippen LogP contribution in [-0.4, -0.2) is 0 Å². The van der Waals surface area contributed by atoms with E-state index < -0.39 is 0 Å². The van der Waals surface area contributed by atoms with E-state index in [1.54, 1.807) is 12.1 Å². The second kappa shape index (κ2) is 38.4. The quantitative estimate of drug-likeness (QED) is 0.0562. The van der Waals surface area contributed by atoms with E-state index in [9.17, 15) is 5.26 Å². The molecule has 0 spiro atoms. The molecule has 6 nitrogen and oxygen atoms in total. The fourth-order valence-corrected chi connectivity index (χ4v) is 21.5. The maximum atomic E-state index is 16.7. The summed E-state index contributed by atoms with van der Waals surface area (Å²) in [5.74, 6) is -0.663. The van der Waals surface area contributed by atoms with Crippen molar-refractivity contribution >= 4 is 139 Å². The Bertz CT molecular complexity index is 8530. The molecule has 0 aliphatic carbocycles. The van der Waals surface area contributed by atoms with Crippen LogP contribution >= 0.6 is 0 Å². The van der Waals surface area contributed by atoms with Crippen molar-refractivity contribution in [2.45, 2.75) is 55.4 Å². The van der Waals surface area contributed by atoms with E-state index in [-0.39, 0.29) is 11.6 Å². The van der Waals surface area contributed by atoms with Gasteiger partial charge in [-0.2, -0.15) is 5.26 Å². The number of nitriles is 1. The summed E-state index contributed by atoms with van der Waals surface area (Å²) in [6.07, 6.45) is 0. The number of halogens is 2. The molecule has 0 fully saturated rings. The number of aryl methyl sites for hydroxylation is 8. The van der Waals surface area contributed by atoms with Crippen molar-refractivity contribution in [2.75, 3.05) is 19.6 Å².